The summed E-state index contributed by atoms with van der Waals surface area (Å²) in [6.45, 7) is 1.83. The van der Waals surface area contributed by atoms with Crippen molar-refractivity contribution in [3.63, 3.8) is 0 Å². The molecule has 0 heterocycles. The third kappa shape index (κ3) is 3.32. The Labute approximate surface area is 94.0 Å². The lowest BCUT2D eigenvalue weighted by Crippen LogP contribution is -2.17. The minimum atomic E-state index is -0.523. The van der Waals surface area contributed by atoms with Crippen molar-refractivity contribution in [2.75, 3.05) is 0 Å². The highest BCUT2D eigenvalue weighted by atomic mass is 35.5. The zero-order valence-corrected chi connectivity index (χ0v) is 9.42. The number of ketones is 1. The Morgan fingerprint density at radius 3 is 2.36 bits per heavy atom. The van der Waals surface area contributed by atoms with Gasteiger partial charge in [-0.2, -0.15) is 0 Å². The maximum Gasteiger partial charge on any atom is 0.180 e. The number of Topliss-reactive ketones (excluding diaryl/α,β-unsaturated/α-hetero) is 1. The molecular formula is C11H12Cl2O. The van der Waals surface area contributed by atoms with Crippen LogP contribution in [-0.2, 0) is 0 Å². The molecule has 1 aromatic rings. The predicted molar refractivity (Wildman–Crippen MR) is 60.3 cm³/mol. The molecule has 2 unspecified atom stereocenters. The molecule has 3 heteroatoms. The van der Waals surface area contributed by atoms with Gasteiger partial charge in [-0.1, -0.05) is 30.3 Å². The molecule has 0 amide bonds. The van der Waals surface area contributed by atoms with Gasteiger partial charge in [-0.05, 0) is 13.3 Å². The Kier molecular flexibility index (Phi) is 4.43. The fourth-order valence-corrected chi connectivity index (χ4v) is 1.84. The monoisotopic (exact) mass is 230 g/mol. The quantitative estimate of drug-likeness (QED) is 0.572. The van der Waals surface area contributed by atoms with E-state index in [1.165, 1.54) is 0 Å². The summed E-state index contributed by atoms with van der Waals surface area (Å²) in [6, 6.07) is 9.03. The van der Waals surface area contributed by atoms with Crippen LogP contribution in [0.1, 0.15) is 23.7 Å². The lowest BCUT2D eigenvalue weighted by Gasteiger charge is -2.09. The van der Waals surface area contributed by atoms with Crippen LogP contribution in [0.2, 0.25) is 0 Å². The van der Waals surface area contributed by atoms with Gasteiger partial charge in [0, 0.05) is 10.9 Å². The van der Waals surface area contributed by atoms with E-state index in [-0.39, 0.29) is 11.2 Å². The molecule has 0 aromatic heterocycles. The number of carbonyl (C=O) groups excluding carboxylic acids is 1. The molecule has 0 aliphatic rings. The van der Waals surface area contributed by atoms with Gasteiger partial charge < -0.3 is 0 Å². The summed E-state index contributed by atoms with van der Waals surface area (Å²) < 4.78 is 0. The molecule has 14 heavy (non-hydrogen) atoms. The van der Waals surface area contributed by atoms with Crippen molar-refractivity contribution in [2.24, 2.45) is 0 Å². The van der Waals surface area contributed by atoms with Crippen LogP contribution in [0.3, 0.4) is 0 Å². The van der Waals surface area contributed by atoms with E-state index in [2.05, 4.69) is 0 Å². The topological polar surface area (TPSA) is 17.1 Å². The van der Waals surface area contributed by atoms with Gasteiger partial charge in [0.15, 0.2) is 5.78 Å². The van der Waals surface area contributed by atoms with Gasteiger partial charge in [0.1, 0.15) is 0 Å². The van der Waals surface area contributed by atoms with Gasteiger partial charge in [0.05, 0.1) is 5.38 Å². The highest BCUT2D eigenvalue weighted by Crippen LogP contribution is 2.15. The number of benzene rings is 1. The zero-order valence-electron chi connectivity index (χ0n) is 7.91. The van der Waals surface area contributed by atoms with Crippen LogP contribution in [0.5, 0.6) is 0 Å². The standard InChI is InChI=1S/C11H12Cl2O/c1-8(12)7-10(13)11(14)9-5-3-2-4-6-9/h2-6,8,10H,7H2,1H3. The van der Waals surface area contributed by atoms with Crippen LogP contribution in [0.25, 0.3) is 0 Å². The second kappa shape index (κ2) is 5.38. The average molecular weight is 231 g/mol. The molecule has 1 rings (SSSR count). The maximum atomic E-state index is 11.7. The molecule has 76 valence electrons. The molecule has 0 radical (unpaired) electrons. The van der Waals surface area contributed by atoms with Crippen molar-refractivity contribution >= 4 is 29.0 Å². The molecule has 0 aliphatic carbocycles. The zero-order chi connectivity index (χ0) is 10.6. The van der Waals surface area contributed by atoms with Crippen LogP contribution >= 0.6 is 23.2 Å². The van der Waals surface area contributed by atoms with E-state index >= 15 is 0 Å². The molecule has 0 N–H and O–H groups in total. The summed E-state index contributed by atoms with van der Waals surface area (Å²) in [4.78, 5) is 11.7. The molecular weight excluding hydrogens is 219 g/mol. The number of halogens is 2. The molecule has 1 nitrogen and oxygen atoms in total. The number of alkyl halides is 2. The largest absolute Gasteiger partial charge is 0.293 e. The van der Waals surface area contributed by atoms with Crippen molar-refractivity contribution in [1.82, 2.24) is 0 Å². The van der Waals surface area contributed by atoms with Crippen LogP contribution in [0.4, 0.5) is 0 Å². The van der Waals surface area contributed by atoms with Crippen molar-refractivity contribution in [3.8, 4) is 0 Å². The van der Waals surface area contributed by atoms with Crippen LogP contribution in [0.15, 0.2) is 30.3 Å². The molecule has 0 saturated heterocycles. The van der Waals surface area contributed by atoms with Gasteiger partial charge in [-0.25, -0.2) is 0 Å². The van der Waals surface area contributed by atoms with Crippen molar-refractivity contribution in [2.45, 2.75) is 24.1 Å². The van der Waals surface area contributed by atoms with E-state index in [0.717, 1.165) is 0 Å². The summed E-state index contributed by atoms with van der Waals surface area (Å²) in [7, 11) is 0. The van der Waals surface area contributed by atoms with E-state index in [0.29, 0.717) is 12.0 Å². The molecule has 0 aliphatic heterocycles. The lowest BCUT2D eigenvalue weighted by molar-refractivity contribution is 0.0984. The van der Waals surface area contributed by atoms with Crippen LogP contribution in [-0.4, -0.2) is 16.5 Å². The molecule has 0 bridgehead atoms. The fourth-order valence-electron chi connectivity index (χ4n) is 1.18. The Morgan fingerprint density at radius 1 is 1.29 bits per heavy atom. The summed E-state index contributed by atoms with van der Waals surface area (Å²) in [6.07, 6.45) is 0.497. The Balaban J connectivity index is 2.66. The molecule has 0 saturated carbocycles. The minimum absolute atomic E-state index is 0.0558. The Morgan fingerprint density at radius 2 is 1.86 bits per heavy atom. The highest BCUT2D eigenvalue weighted by molar-refractivity contribution is 6.34. The SMILES string of the molecule is CC(Cl)CC(Cl)C(=O)c1ccccc1. The normalized spacial score (nSPS) is 14.8. The van der Waals surface area contributed by atoms with Crippen molar-refractivity contribution in [3.05, 3.63) is 35.9 Å². The second-order valence-corrected chi connectivity index (χ2v) is 4.49. The van der Waals surface area contributed by atoms with E-state index in [4.69, 9.17) is 23.2 Å². The van der Waals surface area contributed by atoms with Crippen LogP contribution < -0.4 is 0 Å². The first-order chi connectivity index (χ1) is 6.61. The van der Waals surface area contributed by atoms with Gasteiger partial charge in [-0.15, -0.1) is 23.2 Å². The van der Waals surface area contributed by atoms with Crippen LogP contribution in [0, 0.1) is 0 Å². The molecule has 2 atom stereocenters. The first-order valence-electron chi connectivity index (χ1n) is 4.48. The molecule has 1 aromatic carbocycles. The Bertz CT molecular complexity index is 295. The number of carbonyl (C=O) groups is 1. The van der Waals surface area contributed by atoms with E-state index < -0.39 is 5.38 Å². The number of rotatable bonds is 4. The average Bonchev–Trinajstić information content (AvgIpc) is 2.17. The van der Waals surface area contributed by atoms with E-state index in [1.54, 1.807) is 12.1 Å². The van der Waals surface area contributed by atoms with Crippen molar-refractivity contribution in [1.29, 1.82) is 0 Å². The maximum absolute atomic E-state index is 11.7. The lowest BCUT2D eigenvalue weighted by atomic mass is 10.1. The van der Waals surface area contributed by atoms with Gasteiger partial charge in [0.25, 0.3) is 0 Å². The number of hydrogen-bond acceptors (Lipinski definition) is 1. The Hall–Kier alpha value is -0.530. The van der Waals surface area contributed by atoms with Gasteiger partial charge >= 0.3 is 0 Å². The first-order valence-corrected chi connectivity index (χ1v) is 5.36. The summed E-state index contributed by atoms with van der Waals surface area (Å²) in [5.74, 6) is -0.0558. The van der Waals surface area contributed by atoms with Gasteiger partial charge in [-0.3, -0.25) is 4.79 Å². The van der Waals surface area contributed by atoms with E-state index in [1.807, 2.05) is 25.1 Å². The van der Waals surface area contributed by atoms with E-state index in [9.17, 15) is 4.79 Å². The third-order valence-corrected chi connectivity index (χ3v) is 2.43. The number of hydrogen-bond donors (Lipinski definition) is 0. The highest BCUT2D eigenvalue weighted by Gasteiger charge is 2.18. The van der Waals surface area contributed by atoms with Gasteiger partial charge in [0.2, 0.25) is 0 Å². The summed E-state index contributed by atoms with van der Waals surface area (Å²) in [5.41, 5.74) is 0.643. The minimum Gasteiger partial charge on any atom is -0.293 e. The molecule has 0 fully saturated rings. The molecule has 0 spiro atoms. The predicted octanol–water partition coefficient (Wildman–Crippen LogP) is 3.49. The smallest absolute Gasteiger partial charge is 0.180 e. The fraction of sp³-hybridized carbons (Fsp3) is 0.364. The third-order valence-electron chi connectivity index (χ3n) is 1.87. The second-order valence-electron chi connectivity index (χ2n) is 3.21. The first kappa shape index (κ1) is 11.5. The summed E-state index contributed by atoms with van der Waals surface area (Å²) in [5, 5.41) is -0.602. The van der Waals surface area contributed by atoms with Crippen molar-refractivity contribution < 1.29 is 4.79 Å². The summed E-state index contributed by atoms with van der Waals surface area (Å²) >= 11 is 11.7.